The number of hydrogen-bond acceptors (Lipinski definition) is 3. The SMILES string of the molecule is CC(C)OCCC(C)(C)C1=C(C=CC2N(C)c3ccccc3C2(C)C)CCCC1=CC=C1N(C)c2ccccc2C1(C)C. The molecular weight excluding hydrogens is 524 g/mol. The number of likely N-dealkylation sites (N-methyl/N-ethyl adjacent to an activating group) is 2. The summed E-state index contributed by atoms with van der Waals surface area (Å²) in [5, 5.41) is 0. The molecule has 230 valence electrons. The second-order valence-electron chi connectivity index (χ2n) is 14.9. The smallest absolute Gasteiger partial charge is 0.0565 e. The van der Waals surface area contributed by atoms with Gasteiger partial charge in [-0.3, -0.25) is 0 Å². The lowest BCUT2D eigenvalue weighted by atomic mass is 9.70. The predicted molar refractivity (Wildman–Crippen MR) is 185 cm³/mol. The van der Waals surface area contributed by atoms with Crippen molar-refractivity contribution in [2.45, 2.75) is 104 Å². The molecule has 2 aromatic rings. The zero-order valence-corrected chi connectivity index (χ0v) is 28.4. The molecule has 1 unspecified atom stereocenters. The highest BCUT2D eigenvalue weighted by Gasteiger charge is 2.42. The van der Waals surface area contributed by atoms with Gasteiger partial charge < -0.3 is 14.5 Å². The Labute approximate surface area is 262 Å². The van der Waals surface area contributed by atoms with Gasteiger partial charge in [0.2, 0.25) is 0 Å². The van der Waals surface area contributed by atoms with Crippen molar-refractivity contribution in [3.63, 3.8) is 0 Å². The molecule has 3 aliphatic rings. The minimum Gasteiger partial charge on any atom is -0.379 e. The minimum absolute atomic E-state index is 0.000554. The van der Waals surface area contributed by atoms with Gasteiger partial charge in [-0.15, -0.1) is 0 Å². The van der Waals surface area contributed by atoms with E-state index < -0.39 is 0 Å². The average molecular weight is 579 g/mol. The van der Waals surface area contributed by atoms with Gasteiger partial charge in [0.05, 0.1) is 12.1 Å². The van der Waals surface area contributed by atoms with Crippen molar-refractivity contribution in [1.82, 2.24) is 0 Å². The first-order valence-corrected chi connectivity index (χ1v) is 16.4. The number of hydrogen-bond donors (Lipinski definition) is 0. The summed E-state index contributed by atoms with van der Waals surface area (Å²) >= 11 is 0. The number of rotatable bonds is 8. The standard InChI is InChI=1S/C40H54N2O/c1-28(2)43-27-26-38(3,4)37-29(22-24-35-39(5,6)31-18-11-13-20-33(31)41(35)9)16-15-17-30(37)23-25-36-40(7,8)32-19-12-14-21-34(32)42(36)10/h11-14,18-25,28,35H,15-17,26-27H2,1-10H3. The molecule has 43 heavy (non-hydrogen) atoms. The van der Waals surface area contributed by atoms with Gasteiger partial charge in [-0.25, -0.2) is 0 Å². The maximum atomic E-state index is 6.09. The Kier molecular flexibility index (Phi) is 8.62. The Hall–Kier alpha value is -3.04. The van der Waals surface area contributed by atoms with Crippen LogP contribution in [0.5, 0.6) is 0 Å². The van der Waals surface area contributed by atoms with Crippen LogP contribution in [0.25, 0.3) is 0 Å². The summed E-state index contributed by atoms with van der Waals surface area (Å²) in [6.45, 7) is 19.4. The summed E-state index contributed by atoms with van der Waals surface area (Å²) < 4.78 is 6.09. The molecule has 2 aliphatic heterocycles. The number of ether oxygens (including phenoxy) is 1. The Morgan fingerprint density at radius 2 is 1.56 bits per heavy atom. The van der Waals surface area contributed by atoms with Crippen molar-refractivity contribution in [3.05, 3.63) is 106 Å². The van der Waals surface area contributed by atoms with E-state index in [9.17, 15) is 0 Å². The van der Waals surface area contributed by atoms with Crippen LogP contribution < -0.4 is 9.80 Å². The third-order valence-corrected chi connectivity index (χ3v) is 10.4. The summed E-state index contributed by atoms with van der Waals surface area (Å²) in [5.41, 5.74) is 11.4. The lowest BCUT2D eigenvalue weighted by molar-refractivity contribution is 0.0626. The minimum atomic E-state index is -0.0298. The molecule has 0 spiro atoms. The highest BCUT2D eigenvalue weighted by molar-refractivity contribution is 5.70. The summed E-state index contributed by atoms with van der Waals surface area (Å²) in [4.78, 5) is 4.85. The Morgan fingerprint density at radius 3 is 2.21 bits per heavy atom. The van der Waals surface area contributed by atoms with Crippen LogP contribution in [0.3, 0.4) is 0 Å². The van der Waals surface area contributed by atoms with Gasteiger partial charge in [-0.05, 0) is 91.0 Å². The Balaban J connectivity index is 1.55. The van der Waals surface area contributed by atoms with E-state index in [0.29, 0.717) is 6.04 Å². The molecule has 0 fully saturated rings. The van der Waals surface area contributed by atoms with E-state index >= 15 is 0 Å². The number of fused-ring (bicyclic) bond motifs is 2. The largest absolute Gasteiger partial charge is 0.379 e. The molecule has 0 radical (unpaired) electrons. The third-order valence-electron chi connectivity index (χ3n) is 10.4. The molecule has 3 heteroatoms. The van der Waals surface area contributed by atoms with Crippen LogP contribution in [0, 0.1) is 5.41 Å². The van der Waals surface area contributed by atoms with Gasteiger partial charge >= 0.3 is 0 Å². The monoisotopic (exact) mass is 578 g/mol. The van der Waals surface area contributed by atoms with Crippen molar-refractivity contribution >= 4 is 11.4 Å². The van der Waals surface area contributed by atoms with E-state index in [2.05, 4.69) is 152 Å². The molecular formula is C40H54N2O. The van der Waals surface area contributed by atoms with Gasteiger partial charge in [0.15, 0.2) is 0 Å². The summed E-state index contributed by atoms with van der Waals surface area (Å²) in [5.74, 6) is 0. The number of nitrogens with zero attached hydrogens (tertiary/aromatic N) is 2. The Morgan fingerprint density at radius 1 is 0.907 bits per heavy atom. The number of allylic oxidation sites excluding steroid dienone is 7. The molecule has 0 N–H and O–H groups in total. The number of para-hydroxylation sites is 2. The number of benzene rings is 2. The molecule has 1 atom stereocenters. The maximum absolute atomic E-state index is 6.09. The molecule has 1 aliphatic carbocycles. The lowest BCUT2D eigenvalue weighted by Crippen LogP contribution is -2.37. The second kappa shape index (κ2) is 11.8. The predicted octanol–water partition coefficient (Wildman–Crippen LogP) is 9.90. The zero-order chi connectivity index (χ0) is 31.2. The Bertz CT molecular complexity index is 1460. The zero-order valence-electron chi connectivity index (χ0n) is 28.4. The van der Waals surface area contributed by atoms with Crippen molar-refractivity contribution in [2.75, 3.05) is 30.5 Å². The molecule has 0 saturated heterocycles. The van der Waals surface area contributed by atoms with Gasteiger partial charge in [0.1, 0.15) is 0 Å². The fourth-order valence-corrected chi connectivity index (χ4v) is 7.98. The molecule has 3 nitrogen and oxygen atoms in total. The van der Waals surface area contributed by atoms with Crippen LogP contribution in [0.4, 0.5) is 11.4 Å². The van der Waals surface area contributed by atoms with E-state index in [4.69, 9.17) is 4.74 Å². The van der Waals surface area contributed by atoms with Crippen LogP contribution in [-0.4, -0.2) is 32.8 Å². The first kappa shape index (κ1) is 31.4. The summed E-state index contributed by atoms with van der Waals surface area (Å²) in [7, 11) is 4.47. The van der Waals surface area contributed by atoms with E-state index in [1.165, 1.54) is 51.3 Å². The summed E-state index contributed by atoms with van der Waals surface area (Å²) in [6.07, 6.45) is 14.5. The summed E-state index contributed by atoms with van der Waals surface area (Å²) in [6, 6.07) is 18.1. The van der Waals surface area contributed by atoms with Gasteiger partial charge in [0.25, 0.3) is 0 Å². The van der Waals surface area contributed by atoms with Crippen LogP contribution in [0.1, 0.15) is 92.2 Å². The number of anilines is 2. The molecule has 0 bridgehead atoms. The molecule has 5 rings (SSSR count). The first-order chi connectivity index (χ1) is 20.3. The van der Waals surface area contributed by atoms with Gasteiger partial charge in [0, 0.05) is 48.6 Å². The molecule has 2 heterocycles. The maximum Gasteiger partial charge on any atom is 0.0565 e. The highest BCUT2D eigenvalue weighted by atomic mass is 16.5. The van der Waals surface area contributed by atoms with E-state index in [-0.39, 0.29) is 22.3 Å². The van der Waals surface area contributed by atoms with Crippen molar-refractivity contribution < 1.29 is 4.74 Å². The van der Waals surface area contributed by atoms with Crippen LogP contribution >= 0.6 is 0 Å². The highest BCUT2D eigenvalue weighted by Crippen LogP contribution is 2.49. The van der Waals surface area contributed by atoms with Crippen LogP contribution in [0.15, 0.2) is 95.3 Å². The van der Waals surface area contributed by atoms with Gasteiger partial charge in [-0.2, -0.15) is 0 Å². The third kappa shape index (κ3) is 5.78. The average Bonchev–Trinajstić information content (AvgIpc) is 3.27. The fourth-order valence-electron chi connectivity index (χ4n) is 7.98. The molecule has 2 aromatic carbocycles. The topological polar surface area (TPSA) is 15.7 Å². The quantitative estimate of drug-likeness (QED) is 0.310. The molecule has 0 aromatic heterocycles. The van der Waals surface area contributed by atoms with Gasteiger partial charge in [-0.1, -0.05) is 96.2 Å². The van der Waals surface area contributed by atoms with Crippen molar-refractivity contribution in [1.29, 1.82) is 0 Å². The van der Waals surface area contributed by atoms with E-state index in [1.54, 1.807) is 0 Å². The normalized spacial score (nSPS) is 23.3. The van der Waals surface area contributed by atoms with Crippen molar-refractivity contribution in [3.8, 4) is 0 Å². The van der Waals surface area contributed by atoms with Crippen LogP contribution in [0.2, 0.25) is 0 Å². The first-order valence-electron chi connectivity index (χ1n) is 16.4. The lowest BCUT2D eigenvalue weighted by Gasteiger charge is -2.36. The fraction of sp³-hybridized carbons (Fsp3) is 0.500. The van der Waals surface area contributed by atoms with Crippen molar-refractivity contribution in [2.24, 2.45) is 5.41 Å². The molecule has 0 saturated carbocycles. The molecule has 0 amide bonds. The van der Waals surface area contributed by atoms with Crippen LogP contribution in [-0.2, 0) is 15.6 Å². The van der Waals surface area contributed by atoms with E-state index in [0.717, 1.165) is 25.9 Å². The second-order valence-corrected chi connectivity index (χ2v) is 14.9. The van der Waals surface area contributed by atoms with E-state index in [1.807, 2.05) is 0 Å².